The van der Waals surface area contributed by atoms with Crippen LogP contribution < -0.4 is 10.2 Å². The molecule has 1 atom stereocenters. The fraction of sp³-hybridized carbons (Fsp3) is 0.667. The number of hydrogen-bond donors (Lipinski definition) is 1. The van der Waals surface area contributed by atoms with Gasteiger partial charge in [0, 0.05) is 13.6 Å². The van der Waals surface area contributed by atoms with E-state index in [9.17, 15) is 13.2 Å². The second kappa shape index (κ2) is 5.73. The average molecular weight is 274 g/mol. The third-order valence-electron chi connectivity index (χ3n) is 3.26. The summed E-state index contributed by atoms with van der Waals surface area (Å²) in [5.41, 5.74) is -0.955. The molecular weight excluding hydrogens is 257 g/mol. The van der Waals surface area contributed by atoms with E-state index in [1.165, 1.54) is 6.07 Å². The van der Waals surface area contributed by atoms with Crippen molar-refractivity contribution in [1.29, 1.82) is 0 Å². The molecule has 0 aromatic carbocycles. The van der Waals surface area contributed by atoms with Gasteiger partial charge >= 0.3 is 6.18 Å². The molecule has 1 saturated heterocycles. The summed E-state index contributed by atoms with van der Waals surface area (Å²) >= 11 is 0. The first-order valence-corrected chi connectivity index (χ1v) is 6.29. The zero-order valence-corrected chi connectivity index (χ0v) is 10.7. The van der Waals surface area contributed by atoms with Crippen molar-refractivity contribution in [1.82, 2.24) is 15.5 Å². The minimum atomic E-state index is -4.43. The molecule has 4 nitrogen and oxygen atoms in total. The summed E-state index contributed by atoms with van der Waals surface area (Å²) in [6.45, 7) is 2.76. The largest absolute Gasteiger partial charge is 0.435 e. The van der Waals surface area contributed by atoms with Gasteiger partial charge in [-0.2, -0.15) is 13.2 Å². The average Bonchev–Trinajstić information content (AvgIpc) is 2.39. The van der Waals surface area contributed by atoms with Gasteiger partial charge in [-0.05, 0) is 44.0 Å². The van der Waals surface area contributed by atoms with Gasteiger partial charge in [0.05, 0.1) is 0 Å². The maximum atomic E-state index is 12.4. The predicted molar refractivity (Wildman–Crippen MR) is 65.9 cm³/mol. The molecule has 0 bridgehead atoms. The van der Waals surface area contributed by atoms with Crippen molar-refractivity contribution in [2.45, 2.75) is 19.0 Å². The van der Waals surface area contributed by atoms with Crippen molar-refractivity contribution in [3.8, 4) is 0 Å². The van der Waals surface area contributed by atoms with Crippen molar-refractivity contribution >= 4 is 5.82 Å². The lowest BCUT2D eigenvalue weighted by atomic mass is 9.99. The van der Waals surface area contributed by atoms with Crippen molar-refractivity contribution < 1.29 is 13.2 Å². The van der Waals surface area contributed by atoms with E-state index >= 15 is 0 Å². The molecule has 1 fully saturated rings. The summed E-state index contributed by atoms with van der Waals surface area (Å²) in [6, 6.07) is 2.34. The molecule has 0 aliphatic carbocycles. The van der Waals surface area contributed by atoms with Crippen molar-refractivity contribution in [3.05, 3.63) is 17.8 Å². The summed E-state index contributed by atoms with van der Waals surface area (Å²) in [4.78, 5) is 1.85. The van der Waals surface area contributed by atoms with Crippen molar-refractivity contribution in [2.24, 2.45) is 5.92 Å². The van der Waals surface area contributed by atoms with E-state index in [4.69, 9.17) is 0 Å². The third-order valence-corrected chi connectivity index (χ3v) is 3.26. The normalized spacial score (nSPS) is 20.3. The summed E-state index contributed by atoms with van der Waals surface area (Å²) in [7, 11) is 1.83. The second-order valence-electron chi connectivity index (χ2n) is 4.87. The number of halogens is 3. The highest BCUT2D eigenvalue weighted by atomic mass is 19.4. The quantitative estimate of drug-likeness (QED) is 0.914. The Morgan fingerprint density at radius 3 is 2.68 bits per heavy atom. The van der Waals surface area contributed by atoms with E-state index in [2.05, 4.69) is 15.5 Å². The summed E-state index contributed by atoms with van der Waals surface area (Å²) in [5, 5.41) is 10.2. The smallest absolute Gasteiger partial charge is 0.358 e. The maximum Gasteiger partial charge on any atom is 0.435 e. The Labute approximate surface area is 110 Å². The first-order chi connectivity index (χ1) is 8.97. The van der Waals surface area contributed by atoms with Gasteiger partial charge in [0.15, 0.2) is 11.5 Å². The lowest BCUT2D eigenvalue weighted by Crippen LogP contribution is -2.37. The van der Waals surface area contributed by atoms with Crippen LogP contribution in [0.5, 0.6) is 0 Å². The van der Waals surface area contributed by atoms with E-state index in [1.54, 1.807) is 0 Å². The van der Waals surface area contributed by atoms with E-state index in [0.29, 0.717) is 11.7 Å². The topological polar surface area (TPSA) is 41.0 Å². The highest BCUT2D eigenvalue weighted by Crippen LogP contribution is 2.27. The van der Waals surface area contributed by atoms with E-state index < -0.39 is 11.9 Å². The summed E-state index contributed by atoms with van der Waals surface area (Å²) in [6.07, 6.45) is -2.17. The van der Waals surface area contributed by atoms with Crippen LogP contribution in [0.4, 0.5) is 19.0 Å². The number of rotatable bonds is 3. The van der Waals surface area contributed by atoms with Crippen LogP contribution in [0, 0.1) is 5.92 Å². The van der Waals surface area contributed by atoms with Gasteiger partial charge in [-0.1, -0.05) is 0 Å². The molecule has 1 N–H and O–H groups in total. The minimum Gasteiger partial charge on any atom is -0.358 e. The lowest BCUT2D eigenvalue weighted by molar-refractivity contribution is -0.141. The highest BCUT2D eigenvalue weighted by molar-refractivity contribution is 5.36. The summed E-state index contributed by atoms with van der Waals surface area (Å²) in [5.74, 6) is 0.974. The molecule has 1 aliphatic rings. The SMILES string of the molecule is CN(CC1CCCNC1)c1ccc(C(F)(F)F)nn1. The Bertz CT molecular complexity index is 398. The first kappa shape index (κ1) is 14.0. The molecule has 2 heterocycles. The predicted octanol–water partition coefficient (Wildman–Crippen LogP) is 1.93. The van der Waals surface area contributed by atoms with Gasteiger partial charge in [-0.25, -0.2) is 0 Å². The lowest BCUT2D eigenvalue weighted by Gasteiger charge is -2.28. The molecule has 2 rings (SSSR count). The molecule has 0 radical (unpaired) electrons. The molecule has 1 aromatic rings. The van der Waals surface area contributed by atoms with Crippen LogP contribution in [0.2, 0.25) is 0 Å². The molecular formula is C12H17F3N4. The molecule has 19 heavy (non-hydrogen) atoms. The zero-order valence-electron chi connectivity index (χ0n) is 10.7. The summed E-state index contributed by atoms with van der Waals surface area (Å²) < 4.78 is 37.1. The first-order valence-electron chi connectivity index (χ1n) is 6.29. The van der Waals surface area contributed by atoms with Crippen LogP contribution in [0.1, 0.15) is 18.5 Å². The van der Waals surface area contributed by atoms with Crippen molar-refractivity contribution in [2.75, 3.05) is 31.6 Å². The van der Waals surface area contributed by atoms with Gasteiger partial charge in [0.1, 0.15) is 0 Å². The molecule has 0 spiro atoms. The Hall–Kier alpha value is -1.37. The van der Waals surface area contributed by atoms with Crippen LogP contribution in [-0.4, -0.2) is 36.9 Å². The van der Waals surface area contributed by atoms with Crippen LogP contribution >= 0.6 is 0 Å². The van der Waals surface area contributed by atoms with Crippen LogP contribution in [0.25, 0.3) is 0 Å². The second-order valence-corrected chi connectivity index (χ2v) is 4.87. The number of nitrogens with one attached hydrogen (secondary N) is 1. The van der Waals surface area contributed by atoms with Gasteiger partial charge in [0.25, 0.3) is 0 Å². The molecule has 1 unspecified atom stereocenters. The Kier molecular flexibility index (Phi) is 4.24. The standard InChI is InChI=1S/C12H17F3N4/c1-19(8-9-3-2-6-16-7-9)11-5-4-10(17-18-11)12(13,14)15/h4-5,9,16H,2-3,6-8H2,1H3. The van der Waals surface area contributed by atoms with E-state index in [0.717, 1.165) is 38.5 Å². The highest BCUT2D eigenvalue weighted by Gasteiger charge is 2.33. The number of hydrogen-bond acceptors (Lipinski definition) is 4. The molecule has 0 saturated carbocycles. The Morgan fingerprint density at radius 1 is 1.37 bits per heavy atom. The molecule has 1 aromatic heterocycles. The third kappa shape index (κ3) is 3.79. The fourth-order valence-corrected chi connectivity index (χ4v) is 2.24. The molecule has 7 heteroatoms. The zero-order chi connectivity index (χ0) is 13.9. The van der Waals surface area contributed by atoms with Crippen LogP contribution in [-0.2, 0) is 6.18 Å². The number of aromatic nitrogens is 2. The van der Waals surface area contributed by atoms with Crippen LogP contribution in [0.15, 0.2) is 12.1 Å². The van der Waals surface area contributed by atoms with Gasteiger partial charge in [-0.3, -0.25) is 0 Å². The van der Waals surface area contributed by atoms with E-state index in [1.807, 2.05) is 11.9 Å². The number of alkyl halides is 3. The fourth-order valence-electron chi connectivity index (χ4n) is 2.24. The Morgan fingerprint density at radius 2 is 2.16 bits per heavy atom. The molecule has 106 valence electrons. The van der Waals surface area contributed by atoms with Gasteiger partial charge in [0.2, 0.25) is 0 Å². The van der Waals surface area contributed by atoms with E-state index in [-0.39, 0.29) is 0 Å². The van der Waals surface area contributed by atoms with Crippen LogP contribution in [0.3, 0.4) is 0 Å². The maximum absolute atomic E-state index is 12.4. The molecule has 1 aliphatic heterocycles. The molecule has 0 amide bonds. The van der Waals surface area contributed by atoms with Gasteiger partial charge in [-0.15, -0.1) is 10.2 Å². The van der Waals surface area contributed by atoms with Crippen molar-refractivity contribution in [3.63, 3.8) is 0 Å². The Balaban J connectivity index is 1.97. The monoisotopic (exact) mass is 274 g/mol. The number of anilines is 1. The number of piperidine rings is 1. The van der Waals surface area contributed by atoms with Gasteiger partial charge < -0.3 is 10.2 Å². The number of nitrogens with zero attached hydrogens (tertiary/aromatic N) is 3. The minimum absolute atomic E-state index is 0.471.